The van der Waals surface area contributed by atoms with Crippen LogP contribution in [0.3, 0.4) is 0 Å². The van der Waals surface area contributed by atoms with Gasteiger partial charge >= 0.3 is 0 Å². The minimum absolute atomic E-state index is 0.344. The van der Waals surface area contributed by atoms with Gasteiger partial charge < -0.3 is 28.8 Å². The summed E-state index contributed by atoms with van der Waals surface area (Å²) in [5, 5.41) is 10.2. The van der Waals surface area contributed by atoms with Gasteiger partial charge in [-0.2, -0.15) is 0 Å². The summed E-state index contributed by atoms with van der Waals surface area (Å²) >= 11 is 0. The zero-order chi connectivity index (χ0) is 12.7. The molecule has 7 atom stereocenters. The molecule has 100 valence electrons. The Labute approximate surface area is 105 Å². The van der Waals surface area contributed by atoms with Gasteiger partial charge in [-0.1, -0.05) is 13.2 Å². The van der Waals surface area contributed by atoms with E-state index in [1.54, 1.807) is 6.08 Å². The molecule has 3 rings (SSSR count). The number of hydrogen-bond acceptors (Lipinski definition) is 6. The molecule has 1 N–H and O–H groups in total. The molecule has 0 aromatic carbocycles. The highest BCUT2D eigenvalue weighted by Crippen LogP contribution is 2.36. The maximum absolute atomic E-state index is 10.2. The van der Waals surface area contributed by atoms with Crippen molar-refractivity contribution in [2.24, 2.45) is 0 Å². The molecule has 6 heteroatoms. The van der Waals surface area contributed by atoms with Gasteiger partial charge in [0.1, 0.15) is 24.4 Å². The maximum Gasteiger partial charge on any atom is 0.190 e. The molecule has 3 saturated heterocycles. The normalized spacial score (nSPS) is 51.3. The van der Waals surface area contributed by atoms with Gasteiger partial charge in [0.05, 0.1) is 6.61 Å². The van der Waals surface area contributed by atoms with E-state index in [4.69, 9.17) is 23.7 Å². The van der Waals surface area contributed by atoms with Crippen molar-refractivity contribution in [3.8, 4) is 0 Å². The quantitative estimate of drug-likeness (QED) is 0.713. The van der Waals surface area contributed by atoms with E-state index in [2.05, 4.69) is 13.2 Å². The highest BCUT2D eigenvalue weighted by Gasteiger charge is 2.54. The lowest BCUT2D eigenvalue weighted by Crippen LogP contribution is -2.41. The minimum Gasteiger partial charge on any atom is -0.387 e. The molecule has 0 bridgehead atoms. The standard InChI is InChI=1S/C12H16O6/c1-3-7-14-5-6(15-7)10-9(13)11-12(18-10)17-8(4-2)16-11/h3-4,6-13H,1-2,5H2. The van der Waals surface area contributed by atoms with Gasteiger partial charge in [-0.15, -0.1) is 0 Å². The fraction of sp³-hybridized carbons (Fsp3) is 0.667. The molecule has 3 heterocycles. The molecule has 0 spiro atoms. The Morgan fingerprint density at radius 2 is 1.72 bits per heavy atom. The first kappa shape index (κ1) is 12.3. The number of aliphatic hydroxyl groups is 1. The van der Waals surface area contributed by atoms with Crippen molar-refractivity contribution in [1.82, 2.24) is 0 Å². The predicted molar refractivity (Wildman–Crippen MR) is 59.4 cm³/mol. The molecular weight excluding hydrogens is 240 g/mol. The summed E-state index contributed by atoms with van der Waals surface area (Å²) in [6.45, 7) is 7.51. The van der Waals surface area contributed by atoms with Crippen LogP contribution in [0.4, 0.5) is 0 Å². The van der Waals surface area contributed by atoms with E-state index in [1.807, 2.05) is 0 Å². The van der Waals surface area contributed by atoms with Crippen molar-refractivity contribution < 1.29 is 28.8 Å². The zero-order valence-corrected chi connectivity index (χ0v) is 9.81. The summed E-state index contributed by atoms with van der Waals surface area (Å²) < 4.78 is 27.3. The fourth-order valence-corrected chi connectivity index (χ4v) is 2.39. The third-order valence-corrected chi connectivity index (χ3v) is 3.28. The molecule has 7 unspecified atom stereocenters. The second-order valence-electron chi connectivity index (χ2n) is 4.41. The van der Waals surface area contributed by atoms with Crippen molar-refractivity contribution >= 4 is 0 Å². The number of ether oxygens (including phenoxy) is 5. The summed E-state index contributed by atoms with van der Waals surface area (Å²) in [6.07, 6.45) is -0.666. The first-order valence-corrected chi connectivity index (χ1v) is 5.89. The topological polar surface area (TPSA) is 66.4 Å². The minimum atomic E-state index is -0.808. The van der Waals surface area contributed by atoms with Crippen molar-refractivity contribution in [3.05, 3.63) is 25.3 Å². The van der Waals surface area contributed by atoms with E-state index in [1.165, 1.54) is 6.08 Å². The molecular formula is C12H16O6. The Hall–Kier alpha value is -0.760. The number of aliphatic hydroxyl groups excluding tert-OH is 1. The third kappa shape index (κ3) is 1.91. The van der Waals surface area contributed by atoms with Crippen LogP contribution in [0.2, 0.25) is 0 Å². The summed E-state index contributed by atoms with van der Waals surface area (Å²) in [7, 11) is 0. The largest absolute Gasteiger partial charge is 0.387 e. The van der Waals surface area contributed by atoms with E-state index in [9.17, 15) is 5.11 Å². The van der Waals surface area contributed by atoms with Gasteiger partial charge in [0.15, 0.2) is 18.9 Å². The summed E-state index contributed by atoms with van der Waals surface area (Å²) in [4.78, 5) is 0. The number of hydrogen-bond donors (Lipinski definition) is 1. The second kappa shape index (κ2) is 4.73. The van der Waals surface area contributed by atoms with Crippen LogP contribution in [-0.4, -0.2) is 55.0 Å². The third-order valence-electron chi connectivity index (χ3n) is 3.28. The average Bonchev–Trinajstić information content (AvgIpc) is 3.05. The van der Waals surface area contributed by atoms with Crippen LogP contribution in [0.5, 0.6) is 0 Å². The predicted octanol–water partition coefficient (Wildman–Crippen LogP) is -0.0728. The van der Waals surface area contributed by atoms with Crippen LogP contribution in [0.15, 0.2) is 25.3 Å². The van der Waals surface area contributed by atoms with Crippen LogP contribution >= 0.6 is 0 Å². The van der Waals surface area contributed by atoms with Gasteiger partial charge in [-0.3, -0.25) is 0 Å². The maximum atomic E-state index is 10.2. The number of rotatable bonds is 3. The van der Waals surface area contributed by atoms with Gasteiger partial charge in [-0.05, 0) is 12.2 Å². The monoisotopic (exact) mass is 256 g/mol. The second-order valence-corrected chi connectivity index (χ2v) is 4.41. The molecule has 3 aliphatic heterocycles. The average molecular weight is 256 g/mol. The Bertz CT molecular complexity index is 345. The SMILES string of the molecule is C=CC1OCC(C2OC3OC(C=C)OC3C2O)O1. The summed E-state index contributed by atoms with van der Waals surface area (Å²) in [5.74, 6) is 0. The lowest BCUT2D eigenvalue weighted by molar-refractivity contribution is -0.176. The molecule has 3 fully saturated rings. The summed E-state index contributed by atoms with van der Waals surface area (Å²) in [5.41, 5.74) is 0. The van der Waals surface area contributed by atoms with Gasteiger partial charge in [0, 0.05) is 0 Å². The molecule has 0 radical (unpaired) electrons. The van der Waals surface area contributed by atoms with Crippen LogP contribution in [-0.2, 0) is 23.7 Å². The molecule has 0 aromatic heterocycles. The Kier molecular flexibility index (Phi) is 3.23. The van der Waals surface area contributed by atoms with Gasteiger partial charge in [0.25, 0.3) is 0 Å². The highest BCUT2D eigenvalue weighted by atomic mass is 16.8. The highest BCUT2D eigenvalue weighted by molar-refractivity contribution is 4.98. The van der Waals surface area contributed by atoms with Crippen LogP contribution < -0.4 is 0 Å². The molecule has 3 aliphatic rings. The van der Waals surface area contributed by atoms with Crippen molar-refractivity contribution in [2.75, 3.05) is 6.61 Å². The van der Waals surface area contributed by atoms with Gasteiger partial charge in [-0.25, -0.2) is 0 Å². The first-order chi connectivity index (χ1) is 8.72. The molecule has 0 aliphatic carbocycles. The Morgan fingerprint density at radius 3 is 2.33 bits per heavy atom. The molecule has 0 amide bonds. The molecule has 0 aromatic rings. The van der Waals surface area contributed by atoms with Gasteiger partial charge in [0.2, 0.25) is 0 Å². The Morgan fingerprint density at radius 1 is 0.944 bits per heavy atom. The molecule has 18 heavy (non-hydrogen) atoms. The van der Waals surface area contributed by atoms with Crippen molar-refractivity contribution in [1.29, 1.82) is 0 Å². The molecule has 6 nitrogen and oxygen atoms in total. The van der Waals surface area contributed by atoms with Crippen LogP contribution in [0.25, 0.3) is 0 Å². The van der Waals surface area contributed by atoms with Crippen molar-refractivity contribution in [3.63, 3.8) is 0 Å². The van der Waals surface area contributed by atoms with E-state index in [0.29, 0.717) is 6.61 Å². The lowest BCUT2D eigenvalue weighted by Gasteiger charge is -2.22. The van der Waals surface area contributed by atoms with Crippen LogP contribution in [0, 0.1) is 0 Å². The first-order valence-electron chi connectivity index (χ1n) is 5.89. The zero-order valence-electron chi connectivity index (χ0n) is 9.81. The van der Waals surface area contributed by atoms with Crippen molar-refractivity contribution in [2.45, 2.75) is 43.3 Å². The molecule has 0 saturated carbocycles. The smallest absolute Gasteiger partial charge is 0.190 e. The van der Waals surface area contributed by atoms with Crippen LogP contribution in [0.1, 0.15) is 0 Å². The summed E-state index contributed by atoms with van der Waals surface area (Å²) in [6, 6.07) is 0. The van der Waals surface area contributed by atoms with E-state index < -0.39 is 37.2 Å². The lowest BCUT2D eigenvalue weighted by atomic mass is 10.1. The fourth-order valence-electron chi connectivity index (χ4n) is 2.39. The Balaban J connectivity index is 1.64. The van der Waals surface area contributed by atoms with E-state index >= 15 is 0 Å². The van der Waals surface area contributed by atoms with E-state index in [-0.39, 0.29) is 6.10 Å². The number of fused-ring (bicyclic) bond motifs is 1. The van der Waals surface area contributed by atoms with E-state index in [0.717, 1.165) is 0 Å².